The zero-order chi connectivity index (χ0) is 15.9. The van der Waals surface area contributed by atoms with Gasteiger partial charge in [-0.3, -0.25) is 4.99 Å². The highest BCUT2D eigenvalue weighted by atomic mass is 19.4. The van der Waals surface area contributed by atoms with Crippen molar-refractivity contribution in [3.05, 3.63) is 0 Å². The monoisotopic (exact) mass is 319 g/mol. The number of fused-ring (bicyclic) bond motifs is 1. The van der Waals surface area contributed by atoms with E-state index < -0.39 is 12.0 Å². The third kappa shape index (κ3) is 2.97. The summed E-state index contributed by atoms with van der Waals surface area (Å²) in [5.74, 6) is -0.667. The van der Waals surface area contributed by atoms with E-state index in [0.29, 0.717) is 6.42 Å². The predicted octanol–water partition coefficient (Wildman–Crippen LogP) is 2.47. The number of halogens is 3. The fraction of sp³-hybridized carbons (Fsp3) is 0.933. The van der Waals surface area contributed by atoms with Gasteiger partial charge in [-0.1, -0.05) is 0 Å². The molecule has 3 rings (SSSR count). The Morgan fingerprint density at radius 2 is 1.82 bits per heavy atom. The summed E-state index contributed by atoms with van der Waals surface area (Å²) in [5, 5.41) is 0. The Kier molecular flexibility index (Phi) is 4.38. The maximum Gasteiger partial charge on any atom is 0.449 e. The highest BCUT2D eigenvalue weighted by Crippen LogP contribution is 2.40. The van der Waals surface area contributed by atoms with Crippen LogP contribution in [0.25, 0.3) is 0 Å². The van der Waals surface area contributed by atoms with Crippen LogP contribution in [0.15, 0.2) is 4.99 Å². The maximum atomic E-state index is 13.4. The molecule has 22 heavy (non-hydrogen) atoms. The summed E-state index contributed by atoms with van der Waals surface area (Å²) in [6.45, 7) is 0. The Hall–Kier alpha value is -0.820. The zero-order valence-corrected chi connectivity index (χ0v) is 12.9. The largest absolute Gasteiger partial charge is 0.449 e. The van der Waals surface area contributed by atoms with Crippen molar-refractivity contribution in [2.45, 2.75) is 81.4 Å². The van der Waals surface area contributed by atoms with Gasteiger partial charge in [-0.25, -0.2) is 0 Å². The predicted molar refractivity (Wildman–Crippen MR) is 77.8 cm³/mol. The van der Waals surface area contributed by atoms with Crippen molar-refractivity contribution >= 4 is 5.84 Å². The van der Waals surface area contributed by atoms with Gasteiger partial charge in [-0.05, 0) is 44.9 Å². The molecule has 0 radical (unpaired) electrons. The van der Waals surface area contributed by atoms with E-state index in [1.54, 1.807) is 12.0 Å². The molecule has 3 aliphatic rings. The molecule has 3 atom stereocenters. The van der Waals surface area contributed by atoms with E-state index in [0.717, 1.165) is 38.5 Å². The van der Waals surface area contributed by atoms with Crippen molar-refractivity contribution in [1.29, 1.82) is 0 Å². The Morgan fingerprint density at radius 3 is 2.41 bits per heavy atom. The number of hydrogen-bond donors (Lipinski definition) is 1. The molecule has 7 heteroatoms. The van der Waals surface area contributed by atoms with Crippen molar-refractivity contribution in [1.82, 2.24) is 4.90 Å². The van der Waals surface area contributed by atoms with Crippen molar-refractivity contribution in [3.63, 3.8) is 0 Å². The average molecular weight is 319 g/mol. The highest BCUT2D eigenvalue weighted by Gasteiger charge is 2.52. The fourth-order valence-corrected chi connectivity index (χ4v) is 4.19. The lowest BCUT2D eigenvalue weighted by Crippen LogP contribution is -2.53. The Labute approximate surface area is 128 Å². The number of methoxy groups -OCH3 is 1. The van der Waals surface area contributed by atoms with Crippen molar-refractivity contribution in [3.8, 4) is 0 Å². The first-order valence-electron chi connectivity index (χ1n) is 8.12. The molecule has 0 aromatic rings. The van der Waals surface area contributed by atoms with Gasteiger partial charge >= 0.3 is 6.18 Å². The first-order chi connectivity index (χ1) is 10.4. The number of ether oxygens (including phenoxy) is 1. The second kappa shape index (κ2) is 6.00. The summed E-state index contributed by atoms with van der Waals surface area (Å²) in [4.78, 5) is 5.65. The number of aliphatic imine (C=N–C) groups is 1. The molecule has 0 amide bonds. The minimum absolute atomic E-state index is 0.0270. The lowest BCUT2D eigenvalue weighted by atomic mass is 9.85. The van der Waals surface area contributed by atoms with Gasteiger partial charge in [-0.2, -0.15) is 13.2 Å². The molecule has 4 nitrogen and oxygen atoms in total. The average Bonchev–Trinajstić information content (AvgIpc) is 2.86. The van der Waals surface area contributed by atoms with Gasteiger partial charge in [0.05, 0.1) is 18.2 Å². The fourth-order valence-electron chi connectivity index (χ4n) is 4.19. The number of nitrogens with two attached hydrogens (primary N) is 1. The maximum absolute atomic E-state index is 13.4. The van der Waals surface area contributed by atoms with Crippen molar-refractivity contribution in [2.75, 3.05) is 7.11 Å². The third-order valence-corrected chi connectivity index (χ3v) is 5.34. The van der Waals surface area contributed by atoms with Crippen LogP contribution in [0, 0.1) is 0 Å². The van der Waals surface area contributed by atoms with Crippen LogP contribution < -0.4 is 5.73 Å². The summed E-state index contributed by atoms with van der Waals surface area (Å²) in [6, 6.07) is -0.354. The second-order valence-corrected chi connectivity index (χ2v) is 6.73. The molecule has 0 spiro atoms. The number of amidine groups is 1. The van der Waals surface area contributed by atoms with Gasteiger partial charge in [0.1, 0.15) is 0 Å². The molecule has 126 valence electrons. The van der Waals surface area contributed by atoms with E-state index in [4.69, 9.17) is 10.5 Å². The van der Waals surface area contributed by atoms with E-state index in [1.165, 1.54) is 0 Å². The lowest BCUT2D eigenvalue weighted by Gasteiger charge is -2.42. The molecule has 3 unspecified atom stereocenters. The summed E-state index contributed by atoms with van der Waals surface area (Å²) in [5.41, 5.74) is 5.90. The van der Waals surface area contributed by atoms with Gasteiger partial charge in [0.25, 0.3) is 0 Å². The van der Waals surface area contributed by atoms with Crippen LogP contribution >= 0.6 is 0 Å². The van der Waals surface area contributed by atoms with E-state index in [-0.39, 0.29) is 30.3 Å². The topological polar surface area (TPSA) is 50.8 Å². The second-order valence-electron chi connectivity index (χ2n) is 6.73. The van der Waals surface area contributed by atoms with Crippen LogP contribution in [0.2, 0.25) is 0 Å². The molecular formula is C15H24F3N3O. The summed E-state index contributed by atoms with van der Waals surface area (Å²) in [6.07, 6.45) is 0.813. The zero-order valence-electron chi connectivity index (χ0n) is 12.9. The van der Waals surface area contributed by atoms with E-state index in [1.807, 2.05) is 0 Å². The van der Waals surface area contributed by atoms with Gasteiger partial charge in [0.15, 0.2) is 0 Å². The van der Waals surface area contributed by atoms with E-state index >= 15 is 0 Å². The number of alkyl halides is 3. The molecule has 0 saturated heterocycles. The Balaban J connectivity index is 1.81. The molecule has 1 heterocycles. The smallest absolute Gasteiger partial charge is 0.381 e. The highest BCUT2D eigenvalue weighted by molar-refractivity contribution is 5.90. The van der Waals surface area contributed by atoms with E-state index in [9.17, 15) is 13.2 Å². The molecule has 0 aromatic carbocycles. The number of rotatable bonds is 2. The quantitative estimate of drug-likeness (QED) is 0.851. The van der Waals surface area contributed by atoms with Gasteiger partial charge < -0.3 is 15.4 Å². The summed E-state index contributed by atoms with van der Waals surface area (Å²) < 4.78 is 45.6. The Morgan fingerprint density at radius 1 is 1.14 bits per heavy atom. The number of nitrogens with zero attached hydrogens (tertiary/aromatic N) is 2. The third-order valence-electron chi connectivity index (χ3n) is 5.34. The van der Waals surface area contributed by atoms with Crippen LogP contribution in [0.1, 0.15) is 44.9 Å². The Bertz CT molecular complexity index is 432. The van der Waals surface area contributed by atoms with Gasteiger partial charge in [0, 0.05) is 19.2 Å². The summed E-state index contributed by atoms with van der Waals surface area (Å²) >= 11 is 0. The van der Waals surface area contributed by atoms with Crippen LogP contribution in [-0.2, 0) is 4.74 Å². The van der Waals surface area contributed by atoms with Crippen LogP contribution in [0.5, 0.6) is 0 Å². The molecule has 1 aliphatic heterocycles. The SMILES string of the molecule is COC1CCC2C(C1)N=C(C(F)(F)F)N2C1CCC(N)CC1. The van der Waals surface area contributed by atoms with Crippen LogP contribution in [-0.4, -0.2) is 54.3 Å². The van der Waals surface area contributed by atoms with Gasteiger partial charge in [-0.15, -0.1) is 0 Å². The van der Waals surface area contributed by atoms with Crippen molar-refractivity contribution in [2.24, 2.45) is 10.7 Å². The number of hydrogen-bond acceptors (Lipinski definition) is 4. The molecule has 0 aromatic heterocycles. The lowest BCUT2D eigenvalue weighted by molar-refractivity contribution is -0.0724. The molecule has 2 aliphatic carbocycles. The van der Waals surface area contributed by atoms with Crippen molar-refractivity contribution < 1.29 is 17.9 Å². The minimum atomic E-state index is -4.38. The molecule has 2 fully saturated rings. The molecule has 2 saturated carbocycles. The van der Waals surface area contributed by atoms with Crippen LogP contribution in [0.4, 0.5) is 13.2 Å². The minimum Gasteiger partial charge on any atom is -0.381 e. The molecule has 0 bridgehead atoms. The van der Waals surface area contributed by atoms with Gasteiger partial charge in [0.2, 0.25) is 5.84 Å². The van der Waals surface area contributed by atoms with E-state index in [2.05, 4.69) is 4.99 Å². The molecular weight excluding hydrogens is 295 g/mol. The standard InChI is InChI=1S/C15H24F3N3O/c1-22-11-6-7-13-12(8-11)20-14(15(16,17)18)21(13)10-4-2-9(19)3-5-10/h9-13H,2-8,19H2,1H3. The summed E-state index contributed by atoms with van der Waals surface area (Å²) in [7, 11) is 1.62. The molecule has 2 N–H and O–H groups in total. The normalized spacial score (nSPS) is 39.6. The first kappa shape index (κ1) is 16.1. The van der Waals surface area contributed by atoms with Crippen LogP contribution in [0.3, 0.4) is 0 Å². The first-order valence-corrected chi connectivity index (χ1v) is 8.12.